The lowest BCUT2D eigenvalue weighted by Crippen LogP contribution is -2.52. The highest BCUT2D eigenvalue weighted by Gasteiger charge is 2.56. The van der Waals surface area contributed by atoms with Gasteiger partial charge in [-0.3, -0.25) is 9.59 Å². The fourth-order valence-corrected chi connectivity index (χ4v) is 10.9. The molecule has 1 spiro atoms. The number of nitrogens with zero attached hydrogens (tertiary/aromatic N) is 4. The van der Waals surface area contributed by atoms with E-state index in [1.165, 1.54) is 20.3 Å². The van der Waals surface area contributed by atoms with Gasteiger partial charge in [-0.2, -0.15) is 8.78 Å². The minimum Gasteiger partial charge on any atom is -0.453 e. The molecule has 0 radical (unpaired) electrons. The molecule has 2 bridgehead atoms. The quantitative estimate of drug-likeness (QED) is 0.101. The number of ether oxygens (including phenoxy) is 2. The number of aromatic nitrogens is 4. The van der Waals surface area contributed by atoms with Crippen LogP contribution in [0.2, 0.25) is 0 Å². The van der Waals surface area contributed by atoms with Crippen molar-refractivity contribution in [2.75, 3.05) is 20.8 Å². The maximum absolute atomic E-state index is 16.7. The maximum Gasteiger partial charge on any atom is 0.407 e. The van der Waals surface area contributed by atoms with E-state index in [9.17, 15) is 19.2 Å². The number of nitrogens with one attached hydrogen (secondary N) is 4. The summed E-state index contributed by atoms with van der Waals surface area (Å²) in [5.74, 6) is -2.54. The minimum absolute atomic E-state index is 0.00434. The van der Waals surface area contributed by atoms with Gasteiger partial charge in [0.25, 0.3) is 5.92 Å². The van der Waals surface area contributed by atoms with Gasteiger partial charge in [0.2, 0.25) is 11.8 Å². The third kappa shape index (κ3) is 7.12. The number of imidazole rings is 2. The molecule has 4 heterocycles. The number of benzene rings is 3. The molecule has 0 unspecified atom stereocenters. The van der Waals surface area contributed by atoms with Crippen LogP contribution >= 0.6 is 0 Å². The lowest BCUT2D eigenvalue weighted by Gasteiger charge is -2.36. The number of H-pyrrole nitrogens is 2. The van der Waals surface area contributed by atoms with Crippen molar-refractivity contribution in [2.45, 2.75) is 95.4 Å². The first-order valence-electron chi connectivity index (χ1n) is 22.3. The summed E-state index contributed by atoms with van der Waals surface area (Å²) in [6, 6.07) is 13.4. The fourth-order valence-electron chi connectivity index (χ4n) is 10.9. The highest BCUT2D eigenvalue weighted by atomic mass is 19.3. The lowest BCUT2D eigenvalue weighted by molar-refractivity contribution is -0.137. The summed E-state index contributed by atoms with van der Waals surface area (Å²) in [7, 11) is 2.51. The molecule has 2 saturated heterocycles. The number of methoxy groups -OCH3 is 2. The molecular formula is C49H52F2N8O6. The largest absolute Gasteiger partial charge is 0.453 e. The van der Waals surface area contributed by atoms with Gasteiger partial charge < -0.3 is 39.9 Å². The number of carbonyl (C=O) groups excluding carboxylic acids is 4. The number of piperidine rings is 1. The number of hydrogen-bond donors (Lipinski definition) is 4. The Hall–Kier alpha value is -6.58. The maximum atomic E-state index is 16.7. The van der Waals surface area contributed by atoms with Crippen molar-refractivity contribution in [3.05, 3.63) is 95.7 Å². The van der Waals surface area contributed by atoms with Gasteiger partial charge >= 0.3 is 12.2 Å². The number of likely N-dealkylation sites (tertiary alicyclic amines) is 2. The van der Waals surface area contributed by atoms with Crippen LogP contribution in [0.4, 0.5) is 18.4 Å². The zero-order chi connectivity index (χ0) is 45.7. The summed E-state index contributed by atoms with van der Waals surface area (Å²) in [6.45, 7) is 9.95. The second kappa shape index (κ2) is 15.5. The molecule has 3 aliphatic carbocycles. The summed E-state index contributed by atoms with van der Waals surface area (Å²) < 4.78 is 42.9. The Balaban J connectivity index is 0.897. The normalized spacial score (nSPS) is 22.8. The van der Waals surface area contributed by atoms with Crippen LogP contribution in [0.25, 0.3) is 44.5 Å². The van der Waals surface area contributed by atoms with Crippen molar-refractivity contribution in [1.29, 1.82) is 0 Å². The van der Waals surface area contributed by atoms with Crippen molar-refractivity contribution in [2.24, 2.45) is 17.3 Å². The van der Waals surface area contributed by atoms with Gasteiger partial charge in [-0.1, -0.05) is 50.8 Å². The Morgan fingerprint density at radius 3 is 2.20 bits per heavy atom. The van der Waals surface area contributed by atoms with Crippen LogP contribution in [0, 0.1) is 17.3 Å². The molecule has 4 amide bonds. The van der Waals surface area contributed by atoms with Crippen molar-refractivity contribution in [3.8, 4) is 33.5 Å². The zero-order valence-corrected chi connectivity index (χ0v) is 37.0. The summed E-state index contributed by atoms with van der Waals surface area (Å²) in [5, 5.41) is 5.33. The van der Waals surface area contributed by atoms with E-state index in [1.807, 2.05) is 49.1 Å². The molecule has 5 aromatic rings. The molecule has 4 N–H and O–H groups in total. The van der Waals surface area contributed by atoms with E-state index in [0.29, 0.717) is 62.7 Å². The van der Waals surface area contributed by atoms with Gasteiger partial charge in [0.1, 0.15) is 23.7 Å². The molecule has 6 atom stereocenters. The van der Waals surface area contributed by atoms with Crippen LogP contribution < -0.4 is 10.6 Å². The van der Waals surface area contributed by atoms with Crippen molar-refractivity contribution >= 4 is 35.0 Å². The molecule has 16 heteroatoms. The Bertz CT molecular complexity index is 2790. The second-order valence-corrected chi connectivity index (χ2v) is 19.0. The van der Waals surface area contributed by atoms with Gasteiger partial charge in [0, 0.05) is 29.3 Å². The zero-order valence-electron chi connectivity index (χ0n) is 37.0. The van der Waals surface area contributed by atoms with E-state index >= 15 is 8.78 Å². The summed E-state index contributed by atoms with van der Waals surface area (Å²) in [4.78, 5) is 72.4. The van der Waals surface area contributed by atoms with E-state index in [0.717, 1.165) is 44.1 Å². The number of alkyl carbamates (subject to hydrolysis) is 2. The monoisotopic (exact) mass is 886 g/mol. The number of aromatic amines is 2. The molecule has 2 saturated carbocycles. The predicted molar refractivity (Wildman–Crippen MR) is 237 cm³/mol. The Morgan fingerprint density at radius 1 is 0.862 bits per heavy atom. The topological polar surface area (TPSA) is 175 Å². The first-order valence-corrected chi connectivity index (χ1v) is 22.3. The Morgan fingerprint density at radius 2 is 1.52 bits per heavy atom. The molecule has 65 heavy (non-hydrogen) atoms. The van der Waals surface area contributed by atoms with Gasteiger partial charge in [-0.05, 0) is 115 Å². The number of alkyl halides is 2. The van der Waals surface area contributed by atoms with Crippen LogP contribution in [0.1, 0.15) is 94.2 Å². The molecular weight excluding hydrogens is 835 g/mol. The molecule has 338 valence electrons. The van der Waals surface area contributed by atoms with E-state index in [4.69, 9.17) is 19.4 Å². The lowest BCUT2D eigenvalue weighted by atomic mass is 9.96. The van der Waals surface area contributed by atoms with E-state index < -0.39 is 30.2 Å². The smallest absolute Gasteiger partial charge is 0.407 e. The van der Waals surface area contributed by atoms with Crippen molar-refractivity contribution in [3.63, 3.8) is 0 Å². The second-order valence-electron chi connectivity index (χ2n) is 19.0. The van der Waals surface area contributed by atoms with Crippen LogP contribution in [0.15, 0.2) is 72.9 Å². The van der Waals surface area contributed by atoms with Crippen LogP contribution in [0.5, 0.6) is 0 Å². The van der Waals surface area contributed by atoms with Gasteiger partial charge in [0.15, 0.2) is 0 Å². The SMILES string of the molecule is C=C(C)[C@H](NC(=O)OC)C(=O)N1[C@@H]2CC[C@@H](C2)[C@H]1c1nc2ccc(-c3ccc4c(c3)C(F)(F)c3cc(-c5cnc([C@@H]6CC7(CC7)CN6C(=O)[C@@H](NC(=O)OC)C(C)C)[nH]5)ccc3-4)cc2[nH]1. The number of carbonyl (C=O) groups is 4. The third-order valence-electron chi connectivity index (χ3n) is 14.5. The molecule has 14 nitrogen and oxygen atoms in total. The first kappa shape index (κ1) is 42.4. The van der Waals surface area contributed by atoms with Crippen molar-refractivity contribution in [1.82, 2.24) is 40.4 Å². The highest BCUT2D eigenvalue weighted by molar-refractivity contribution is 5.90. The van der Waals surface area contributed by atoms with Gasteiger partial charge in [0.05, 0.1) is 49.2 Å². The highest BCUT2D eigenvalue weighted by Crippen LogP contribution is 2.59. The number of fused-ring (bicyclic) bond motifs is 6. The molecule has 5 aliphatic rings. The third-order valence-corrected chi connectivity index (χ3v) is 14.5. The summed E-state index contributed by atoms with van der Waals surface area (Å²) in [5.41, 5.74) is 5.08. The van der Waals surface area contributed by atoms with E-state index in [2.05, 4.69) is 27.2 Å². The standard InChI is InChI=1S/C49H52F2N8O6/c1-24(2)39(56-46(62)64-5)44(60)58-23-48(15-16-48)21-38(58)42-52-22-37(55-42)28-9-13-32-31-12-8-26(18-33(31)49(50,51)34(32)19-28)27-10-14-35-36(20-27)54-43(53-35)41-29-7-11-30(17-29)59(41)45(61)40(25(3)4)57-47(63)65-6/h8-10,12-14,18-20,22,24,29-30,38-41H,3,7,11,15-17,21,23H2,1-2,4-6H3,(H,52,55)(H,53,54)(H,56,62)(H,57,63)/t29-,30+,38-,39-,40-,41-/m0/s1. The minimum atomic E-state index is -3.29. The molecule has 3 aromatic carbocycles. The average molecular weight is 887 g/mol. The Kier molecular flexibility index (Phi) is 10.1. The Labute approximate surface area is 374 Å². The number of hydrogen-bond acceptors (Lipinski definition) is 8. The molecule has 10 rings (SSSR count). The predicted octanol–water partition coefficient (Wildman–Crippen LogP) is 8.53. The summed E-state index contributed by atoms with van der Waals surface area (Å²) >= 11 is 0. The van der Waals surface area contributed by atoms with E-state index in [-0.39, 0.29) is 58.3 Å². The average Bonchev–Trinajstić information content (AvgIpc) is 3.95. The van der Waals surface area contributed by atoms with Gasteiger partial charge in [-0.15, -0.1) is 0 Å². The van der Waals surface area contributed by atoms with E-state index in [1.54, 1.807) is 36.2 Å². The van der Waals surface area contributed by atoms with Crippen molar-refractivity contribution < 1.29 is 37.4 Å². The number of amides is 4. The molecule has 2 aliphatic heterocycles. The van der Waals surface area contributed by atoms with Gasteiger partial charge in [-0.25, -0.2) is 19.6 Å². The number of rotatable bonds is 10. The van der Waals surface area contributed by atoms with Crippen LogP contribution in [-0.4, -0.2) is 92.6 Å². The first-order chi connectivity index (χ1) is 31.1. The van der Waals surface area contributed by atoms with Crippen LogP contribution in [0.3, 0.4) is 0 Å². The van der Waals surface area contributed by atoms with Crippen LogP contribution in [-0.2, 0) is 25.0 Å². The number of halogens is 2. The molecule has 4 fully saturated rings. The molecule has 2 aromatic heterocycles. The summed E-state index contributed by atoms with van der Waals surface area (Å²) in [6.07, 6.45) is 5.59. The fraction of sp³-hybridized carbons (Fsp3) is 0.429.